The van der Waals surface area contributed by atoms with Crippen LogP contribution in [-0.4, -0.2) is 18.7 Å². The predicted octanol–water partition coefficient (Wildman–Crippen LogP) is 18.8. The fourth-order valence-corrected chi connectivity index (χ4v) is 10.7. The summed E-state index contributed by atoms with van der Waals surface area (Å²) < 4.78 is 10.5. The van der Waals surface area contributed by atoms with Gasteiger partial charge >= 0.3 is 0 Å². The number of aromatic nitrogens is 4. The van der Waals surface area contributed by atoms with Crippen LogP contribution < -0.4 is 19.6 Å². The molecule has 0 saturated heterocycles. The van der Waals surface area contributed by atoms with Crippen molar-refractivity contribution in [3.63, 3.8) is 0 Å². The minimum absolute atomic E-state index is 0.666. The minimum atomic E-state index is 0.666. The smallest absolute Gasteiger partial charge is 0.133 e. The second kappa shape index (κ2) is 21.0. The van der Waals surface area contributed by atoms with Crippen molar-refractivity contribution < 1.29 is 0 Å². The Kier molecular flexibility index (Phi) is 12.7. The third-order valence-electron chi connectivity index (χ3n) is 13.6. The molecule has 0 fully saturated rings. The van der Waals surface area contributed by atoms with Crippen LogP contribution in [0, 0.1) is 0 Å². The highest BCUT2D eigenvalue weighted by Crippen LogP contribution is 2.51. The van der Waals surface area contributed by atoms with Gasteiger partial charge in [-0.3, -0.25) is 0 Å². The maximum Gasteiger partial charge on any atom is 0.133 e. The van der Waals surface area contributed by atoms with Crippen molar-refractivity contribution in [3.05, 3.63) is 291 Å². The number of fused-ring (bicyclic) bond motifs is 2. The largest absolute Gasteiger partial charge is 0.311 e. The molecule has 0 saturated carbocycles. The van der Waals surface area contributed by atoms with Crippen molar-refractivity contribution in [2.24, 2.45) is 0 Å². The summed E-state index contributed by atoms with van der Waals surface area (Å²) >= 11 is 1.19. The van der Waals surface area contributed by atoms with E-state index >= 15 is 0 Å². The number of hydrogen-bond acceptors (Lipinski definition) is 9. The molecule has 0 bridgehead atoms. The molecule has 2 aromatic heterocycles. The highest BCUT2D eigenvalue weighted by molar-refractivity contribution is 7.00. The molecule has 9 heteroatoms. The number of benzene rings is 11. The monoisotopic (exact) mass is 1010 g/mol. The zero-order valence-corrected chi connectivity index (χ0v) is 42.5. The molecule has 0 radical (unpaired) electrons. The first kappa shape index (κ1) is 46.6. The Bertz CT molecular complexity index is 3720. The second-order valence-corrected chi connectivity index (χ2v) is 18.9. The van der Waals surface area contributed by atoms with Crippen molar-refractivity contribution in [2.45, 2.75) is 0 Å². The standard InChI is InChI=1S/C68H48N8S/c1-9-25-49(26-10-1)61-62(50-27-11-2-12-28-50)70-64-63(69-61)67(75(55-37-21-7-22-38-55)59-45-41-57(42-46-59)73(51-29-13-3-14-30-51)52-31-15-4-16-32-52)65-66(72-77-71-65)68(64)76(56-39-23-8-24-40-56)60-47-43-58(44-48-60)74(53-33-17-5-18-34-53)54-35-19-6-20-36-54/h1-48H. The fraction of sp³-hybridized carbons (Fsp3) is 0. The molecular weight excluding hydrogens is 961 g/mol. The summed E-state index contributed by atoms with van der Waals surface area (Å²) in [5.41, 5.74) is 17.6. The summed E-state index contributed by atoms with van der Waals surface area (Å²) in [6, 6.07) is 101. The molecule has 0 N–H and O–H groups in total. The number of anilines is 12. The van der Waals surface area contributed by atoms with Crippen LogP contribution in [0.2, 0.25) is 0 Å². The Balaban J connectivity index is 1.08. The Morgan fingerprint density at radius 3 is 0.675 bits per heavy atom. The van der Waals surface area contributed by atoms with Crippen LogP contribution in [0.3, 0.4) is 0 Å². The molecule has 13 aromatic rings. The molecule has 0 spiro atoms. The third-order valence-corrected chi connectivity index (χ3v) is 14.2. The number of hydrogen-bond donors (Lipinski definition) is 0. The first-order valence-corrected chi connectivity index (χ1v) is 26.3. The summed E-state index contributed by atoms with van der Waals surface area (Å²) in [4.78, 5) is 20.8. The lowest BCUT2D eigenvalue weighted by molar-refractivity contribution is 1.23. The topological polar surface area (TPSA) is 64.5 Å². The second-order valence-electron chi connectivity index (χ2n) is 18.4. The van der Waals surface area contributed by atoms with Gasteiger partial charge in [-0.05, 0) is 121 Å². The normalized spacial score (nSPS) is 11.1. The summed E-state index contributed by atoms with van der Waals surface area (Å²) in [5.74, 6) is 0. The Morgan fingerprint density at radius 2 is 0.416 bits per heavy atom. The van der Waals surface area contributed by atoms with Crippen LogP contribution >= 0.6 is 11.7 Å². The third kappa shape index (κ3) is 9.07. The molecule has 13 rings (SSSR count). The average molecular weight is 1010 g/mol. The first-order chi connectivity index (χ1) is 38.2. The molecule has 0 amide bonds. The van der Waals surface area contributed by atoms with E-state index in [-0.39, 0.29) is 0 Å². The van der Waals surface area contributed by atoms with Gasteiger partial charge in [0.1, 0.15) is 33.4 Å². The lowest BCUT2D eigenvalue weighted by atomic mass is 10.0. The summed E-state index contributed by atoms with van der Waals surface area (Å²) in [6.45, 7) is 0. The van der Waals surface area contributed by atoms with Crippen molar-refractivity contribution in [1.82, 2.24) is 18.7 Å². The average Bonchev–Trinajstić information content (AvgIpc) is 4.01. The van der Waals surface area contributed by atoms with Crippen molar-refractivity contribution >= 4 is 102 Å². The molecular formula is C68H48N8S. The zero-order valence-electron chi connectivity index (χ0n) is 41.7. The van der Waals surface area contributed by atoms with E-state index in [0.717, 1.165) is 90.8 Å². The molecule has 366 valence electrons. The molecule has 0 aliphatic heterocycles. The maximum absolute atomic E-state index is 5.87. The summed E-state index contributed by atoms with van der Waals surface area (Å²) in [5, 5.41) is 0. The summed E-state index contributed by atoms with van der Waals surface area (Å²) in [6.07, 6.45) is 0. The number of nitrogens with zero attached hydrogens (tertiary/aromatic N) is 8. The van der Waals surface area contributed by atoms with Crippen LogP contribution in [0.15, 0.2) is 291 Å². The van der Waals surface area contributed by atoms with E-state index in [0.29, 0.717) is 22.1 Å². The van der Waals surface area contributed by atoms with E-state index in [1.165, 1.54) is 11.7 Å². The first-order valence-electron chi connectivity index (χ1n) is 25.6. The molecule has 0 atom stereocenters. The van der Waals surface area contributed by atoms with Gasteiger partial charge in [0, 0.05) is 68.0 Å². The van der Waals surface area contributed by atoms with Gasteiger partial charge in [-0.25, -0.2) is 9.97 Å². The van der Waals surface area contributed by atoms with Crippen molar-refractivity contribution in [3.8, 4) is 22.5 Å². The minimum Gasteiger partial charge on any atom is -0.311 e. The fourth-order valence-electron chi connectivity index (χ4n) is 10.2. The number of rotatable bonds is 14. The Morgan fingerprint density at radius 1 is 0.208 bits per heavy atom. The Labute approximate surface area is 451 Å². The van der Waals surface area contributed by atoms with Gasteiger partial charge in [0.15, 0.2) is 0 Å². The van der Waals surface area contributed by atoms with Crippen LogP contribution in [-0.2, 0) is 0 Å². The van der Waals surface area contributed by atoms with Gasteiger partial charge in [-0.2, -0.15) is 8.75 Å². The molecule has 2 heterocycles. The molecule has 0 unspecified atom stereocenters. The van der Waals surface area contributed by atoms with Gasteiger partial charge in [-0.1, -0.05) is 170 Å². The lowest BCUT2D eigenvalue weighted by Crippen LogP contribution is -2.16. The van der Waals surface area contributed by atoms with Crippen molar-refractivity contribution in [1.29, 1.82) is 0 Å². The maximum atomic E-state index is 5.87. The predicted molar refractivity (Wildman–Crippen MR) is 320 cm³/mol. The van der Waals surface area contributed by atoms with E-state index in [4.69, 9.17) is 18.7 Å². The zero-order chi connectivity index (χ0) is 51.3. The van der Waals surface area contributed by atoms with Gasteiger partial charge in [0.05, 0.1) is 23.1 Å². The van der Waals surface area contributed by atoms with Crippen LogP contribution in [0.5, 0.6) is 0 Å². The highest BCUT2D eigenvalue weighted by Gasteiger charge is 2.31. The highest BCUT2D eigenvalue weighted by atomic mass is 32.1. The van der Waals surface area contributed by atoms with Crippen molar-refractivity contribution in [2.75, 3.05) is 19.6 Å². The van der Waals surface area contributed by atoms with E-state index in [2.05, 4.69) is 262 Å². The molecule has 0 aliphatic rings. The lowest BCUT2D eigenvalue weighted by Gasteiger charge is -2.31. The van der Waals surface area contributed by atoms with Crippen LogP contribution in [0.4, 0.5) is 68.2 Å². The molecule has 8 nitrogen and oxygen atoms in total. The van der Waals surface area contributed by atoms with Gasteiger partial charge in [0.2, 0.25) is 0 Å². The van der Waals surface area contributed by atoms with E-state index in [9.17, 15) is 0 Å². The van der Waals surface area contributed by atoms with Crippen LogP contribution in [0.25, 0.3) is 44.6 Å². The van der Waals surface area contributed by atoms with E-state index < -0.39 is 0 Å². The van der Waals surface area contributed by atoms with Gasteiger partial charge in [0.25, 0.3) is 0 Å². The Hall–Kier alpha value is -10.2. The summed E-state index contributed by atoms with van der Waals surface area (Å²) in [7, 11) is 0. The molecule has 77 heavy (non-hydrogen) atoms. The van der Waals surface area contributed by atoms with Crippen LogP contribution in [0.1, 0.15) is 0 Å². The quantitative estimate of drug-likeness (QED) is 0.0999. The SMILES string of the molecule is c1ccc(-c2nc3c(N(c4ccccc4)c4ccc(N(c5ccccc5)c5ccccc5)cc4)c4nsnc4c(N(c4ccccc4)c4ccc(N(c5ccccc5)c5ccccc5)cc4)c3nc2-c2ccccc2)cc1. The number of para-hydroxylation sites is 6. The van der Waals surface area contributed by atoms with Gasteiger partial charge < -0.3 is 19.6 Å². The molecule has 0 aliphatic carbocycles. The van der Waals surface area contributed by atoms with E-state index in [1.54, 1.807) is 0 Å². The molecule has 11 aromatic carbocycles. The van der Waals surface area contributed by atoms with Gasteiger partial charge in [-0.15, -0.1) is 0 Å². The van der Waals surface area contributed by atoms with E-state index in [1.807, 2.05) is 48.5 Å².